The van der Waals surface area contributed by atoms with Crippen molar-refractivity contribution in [3.63, 3.8) is 0 Å². The number of amides is 1. The Balaban J connectivity index is 2.69. The number of ether oxygens (including phenoxy) is 1. The summed E-state index contributed by atoms with van der Waals surface area (Å²) in [5, 5.41) is 4.08. The first kappa shape index (κ1) is 14.2. The van der Waals surface area contributed by atoms with Gasteiger partial charge in [-0.1, -0.05) is 30.3 Å². The van der Waals surface area contributed by atoms with E-state index in [0.717, 1.165) is 11.3 Å². The fourth-order valence-electron chi connectivity index (χ4n) is 1.50. The summed E-state index contributed by atoms with van der Waals surface area (Å²) in [6.07, 6.45) is 0.141. The molecule has 18 heavy (non-hydrogen) atoms. The minimum Gasteiger partial charge on any atom is -0.452 e. The van der Waals surface area contributed by atoms with E-state index in [1.54, 1.807) is 0 Å². The summed E-state index contributed by atoms with van der Waals surface area (Å²) in [7, 11) is 5.23. The van der Waals surface area contributed by atoms with Gasteiger partial charge in [0.05, 0.1) is 12.8 Å². The molecule has 0 heterocycles. The molecule has 0 atom stereocenters. The number of carbonyl (C=O) groups excluding carboxylic acids is 1. The number of nitrogens with one attached hydrogen (secondary N) is 1. The van der Waals surface area contributed by atoms with E-state index in [0.29, 0.717) is 13.0 Å². The molecule has 0 spiro atoms. The maximum atomic E-state index is 11.0. The van der Waals surface area contributed by atoms with E-state index in [1.165, 1.54) is 7.11 Å². The molecule has 5 nitrogen and oxygen atoms in total. The highest BCUT2D eigenvalue weighted by molar-refractivity contribution is 5.89. The molecule has 1 aromatic rings. The summed E-state index contributed by atoms with van der Waals surface area (Å²) in [6, 6.07) is 10.00. The zero-order chi connectivity index (χ0) is 13.4. The summed E-state index contributed by atoms with van der Waals surface area (Å²) in [5.41, 5.74) is 4.39. The second kappa shape index (κ2) is 7.45. The number of benzene rings is 1. The molecule has 98 valence electrons. The van der Waals surface area contributed by atoms with Crippen LogP contribution in [-0.2, 0) is 11.2 Å². The molecule has 0 radical (unpaired) electrons. The van der Waals surface area contributed by atoms with Crippen LogP contribution in [0.4, 0.5) is 4.79 Å². The molecule has 0 fully saturated rings. The van der Waals surface area contributed by atoms with Crippen molar-refractivity contribution in [2.24, 2.45) is 5.10 Å². The van der Waals surface area contributed by atoms with E-state index in [-0.39, 0.29) is 0 Å². The molecule has 0 saturated carbocycles. The molecule has 0 aliphatic carbocycles. The number of hydrazone groups is 1. The summed E-state index contributed by atoms with van der Waals surface area (Å²) in [6.45, 7) is 0.679. The van der Waals surface area contributed by atoms with Gasteiger partial charge in [0.2, 0.25) is 0 Å². The Bertz CT molecular complexity index is 402. The first-order valence-corrected chi connectivity index (χ1v) is 5.70. The zero-order valence-electron chi connectivity index (χ0n) is 11.0. The monoisotopic (exact) mass is 249 g/mol. The first-order chi connectivity index (χ1) is 8.61. The van der Waals surface area contributed by atoms with Crippen LogP contribution in [0.5, 0.6) is 0 Å². The van der Waals surface area contributed by atoms with Crippen molar-refractivity contribution in [1.82, 2.24) is 10.3 Å². The van der Waals surface area contributed by atoms with E-state index in [1.807, 2.05) is 49.3 Å². The van der Waals surface area contributed by atoms with Gasteiger partial charge in [-0.3, -0.25) is 0 Å². The van der Waals surface area contributed by atoms with Crippen LogP contribution in [0.15, 0.2) is 35.4 Å². The average molecular weight is 249 g/mol. The van der Waals surface area contributed by atoms with Gasteiger partial charge in [0.1, 0.15) is 0 Å². The first-order valence-electron chi connectivity index (χ1n) is 5.70. The van der Waals surface area contributed by atoms with Crippen molar-refractivity contribution in [2.75, 3.05) is 27.7 Å². The third-order valence-electron chi connectivity index (χ3n) is 2.24. The van der Waals surface area contributed by atoms with Crippen LogP contribution in [0.2, 0.25) is 0 Å². The minimum atomic E-state index is -0.556. The molecule has 1 aromatic carbocycles. The molecule has 0 aliphatic rings. The highest BCUT2D eigenvalue weighted by Gasteiger charge is 2.05. The predicted molar refractivity (Wildman–Crippen MR) is 71.7 cm³/mol. The molecule has 1 N–H and O–H groups in total. The van der Waals surface area contributed by atoms with Crippen LogP contribution >= 0.6 is 0 Å². The Morgan fingerprint density at radius 1 is 1.33 bits per heavy atom. The third-order valence-corrected chi connectivity index (χ3v) is 2.24. The molecule has 0 unspecified atom stereocenters. The Morgan fingerprint density at radius 3 is 2.56 bits per heavy atom. The van der Waals surface area contributed by atoms with Crippen molar-refractivity contribution in [2.45, 2.75) is 6.42 Å². The van der Waals surface area contributed by atoms with Gasteiger partial charge in [0, 0.05) is 13.0 Å². The lowest BCUT2D eigenvalue weighted by atomic mass is 10.1. The number of carbonyl (C=O) groups is 1. The van der Waals surface area contributed by atoms with E-state index >= 15 is 0 Å². The number of rotatable bonds is 5. The molecule has 5 heteroatoms. The largest absolute Gasteiger partial charge is 0.452 e. The lowest BCUT2D eigenvalue weighted by molar-refractivity contribution is 0.171. The van der Waals surface area contributed by atoms with Crippen LogP contribution in [0.1, 0.15) is 5.56 Å². The minimum absolute atomic E-state index is 0.556. The van der Waals surface area contributed by atoms with E-state index in [9.17, 15) is 4.79 Å². The quantitative estimate of drug-likeness (QED) is 0.635. The Hall–Kier alpha value is -1.88. The van der Waals surface area contributed by atoms with Gasteiger partial charge in [-0.05, 0) is 19.7 Å². The lowest BCUT2D eigenvalue weighted by Gasteiger charge is -2.12. The molecule has 0 aliphatic heterocycles. The fourth-order valence-corrected chi connectivity index (χ4v) is 1.50. The fraction of sp³-hybridized carbons (Fsp3) is 0.385. The predicted octanol–water partition coefficient (Wildman–Crippen LogP) is 1.50. The van der Waals surface area contributed by atoms with Crippen molar-refractivity contribution >= 4 is 11.8 Å². The summed E-state index contributed by atoms with van der Waals surface area (Å²) < 4.78 is 4.49. The maximum absolute atomic E-state index is 11.0. The van der Waals surface area contributed by atoms with Crippen molar-refractivity contribution in [3.05, 3.63) is 35.9 Å². The highest BCUT2D eigenvalue weighted by Crippen LogP contribution is 2.01. The van der Waals surface area contributed by atoms with Crippen molar-refractivity contribution in [3.8, 4) is 0 Å². The summed E-state index contributed by atoms with van der Waals surface area (Å²) in [5.74, 6) is 0. The van der Waals surface area contributed by atoms with Gasteiger partial charge in [0.15, 0.2) is 0 Å². The molecular formula is C13H19N3O2. The summed E-state index contributed by atoms with van der Waals surface area (Å²) >= 11 is 0. The second-order valence-corrected chi connectivity index (χ2v) is 4.18. The third kappa shape index (κ3) is 5.45. The Labute approximate surface area is 107 Å². The lowest BCUT2D eigenvalue weighted by Crippen LogP contribution is -2.27. The van der Waals surface area contributed by atoms with E-state index in [4.69, 9.17) is 0 Å². The van der Waals surface area contributed by atoms with Crippen LogP contribution in [-0.4, -0.2) is 44.5 Å². The van der Waals surface area contributed by atoms with Crippen LogP contribution in [0.25, 0.3) is 0 Å². The molecular weight excluding hydrogens is 230 g/mol. The smallest absolute Gasteiger partial charge is 0.427 e. The van der Waals surface area contributed by atoms with E-state index in [2.05, 4.69) is 15.3 Å². The molecule has 0 bridgehead atoms. The van der Waals surface area contributed by atoms with Crippen LogP contribution in [0, 0.1) is 0 Å². The maximum Gasteiger partial charge on any atom is 0.427 e. The Morgan fingerprint density at radius 2 is 2.00 bits per heavy atom. The average Bonchev–Trinajstić information content (AvgIpc) is 2.36. The number of methoxy groups -OCH3 is 1. The number of hydrogen-bond acceptors (Lipinski definition) is 4. The van der Waals surface area contributed by atoms with Gasteiger partial charge in [0.25, 0.3) is 0 Å². The highest BCUT2D eigenvalue weighted by atomic mass is 16.5. The van der Waals surface area contributed by atoms with Gasteiger partial charge in [-0.25, -0.2) is 10.2 Å². The standard InChI is InChI=1S/C13H19N3O2/c1-16(2)10-12(14-15-13(17)18-3)9-11-7-5-4-6-8-11/h4-8H,9-10H2,1-3H3,(H,15,17)/b14-12+. The zero-order valence-corrected chi connectivity index (χ0v) is 11.0. The molecule has 1 amide bonds. The van der Waals surface area contributed by atoms with Crippen LogP contribution < -0.4 is 5.43 Å². The molecule has 0 aromatic heterocycles. The molecule has 0 saturated heterocycles. The summed E-state index contributed by atoms with van der Waals surface area (Å²) in [4.78, 5) is 13.0. The van der Waals surface area contributed by atoms with Crippen molar-refractivity contribution in [1.29, 1.82) is 0 Å². The topological polar surface area (TPSA) is 53.9 Å². The van der Waals surface area contributed by atoms with Crippen molar-refractivity contribution < 1.29 is 9.53 Å². The van der Waals surface area contributed by atoms with Crippen LogP contribution in [0.3, 0.4) is 0 Å². The van der Waals surface area contributed by atoms with Gasteiger partial charge < -0.3 is 9.64 Å². The van der Waals surface area contributed by atoms with Gasteiger partial charge in [-0.15, -0.1) is 0 Å². The SMILES string of the molecule is COC(=O)N/N=C(\Cc1ccccc1)CN(C)C. The second-order valence-electron chi connectivity index (χ2n) is 4.18. The number of hydrogen-bond donors (Lipinski definition) is 1. The van der Waals surface area contributed by atoms with E-state index < -0.39 is 6.09 Å². The van der Waals surface area contributed by atoms with Gasteiger partial charge >= 0.3 is 6.09 Å². The molecule has 1 rings (SSSR count). The normalized spacial score (nSPS) is 11.4. The Kier molecular flexibility index (Phi) is 5.87. The number of nitrogens with zero attached hydrogens (tertiary/aromatic N) is 2. The van der Waals surface area contributed by atoms with Gasteiger partial charge in [-0.2, -0.15) is 5.10 Å².